The van der Waals surface area contributed by atoms with Gasteiger partial charge in [-0.2, -0.15) is 0 Å². The van der Waals surface area contributed by atoms with Crippen LogP contribution >= 0.6 is 10.7 Å². The Morgan fingerprint density at radius 1 is 1.18 bits per heavy atom. The van der Waals surface area contributed by atoms with Gasteiger partial charge >= 0.3 is 0 Å². The van der Waals surface area contributed by atoms with Crippen molar-refractivity contribution in [2.45, 2.75) is 25.4 Å². The predicted octanol–water partition coefficient (Wildman–Crippen LogP) is 1.16. The number of ether oxygens (including phenoxy) is 3. The second-order valence-corrected chi connectivity index (χ2v) is 6.82. The molecule has 1 atom stereocenters. The molecule has 0 bridgehead atoms. The van der Waals surface area contributed by atoms with Crippen molar-refractivity contribution in [2.24, 2.45) is 0 Å². The molecule has 102 valence electrons. The van der Waals surface area contributed by atoms with Crippen molar-refractivity contribution in [3.05, 3.63) is 0 Å². The average molecular weight is 287 g/mol. The summed E-state index contributed by atoms with van der Waals surface area (Å²) in [5, 5.41) is 0. The van der Waals surface area contributed by atoms with Crippen LogP contribution in [0.3, 0.4) is 0 Å². The largest absolute Gasteiger partial charge is 0.378 e. The van der Waals surface area contributed by atoms with Crippen molar-refractivity contribution >= 4 is 19.7 Å². The molecule has 0 spiro atoms. The van der Waals surface area contributed by atoms with Crippen LogP contribution in [0.1, 0.15) is 19.3 Å². The minimum atomic E-state index is -3.45. The summed E-state index contributed by atoms with van der Waals surface area (Å²) in [5.41, 5.74) is 0. The van der Waals surface area contributed by atoms with E-state index >= 15 is 0 Å². The topological polar surface area (TPSA) is 61.8 Å². The molecule has 5 nitrogen and oxygen atoms in total. The van der Waals surface area contributed by atoms with Gasteiger partial charge in [0.1, 0.15) is 0 Å². The third-order valence-electron chi connectivity index (χ3n) is 2.42. The Morgan fingerprint density at radius 3 is 2.59 bits per heavy atom. The van der Waals surface area contributed by atoms with Gasteiger partial charge in [-0.3, -0.25) is 0 Å². The Morgan fingerprint density at radius 2 is 1.94 bits per heavy atom. The lowest BCUT2D eigenvalue weighted by Crippen LogP contribution is -2.25. The van der Waals surface area contributed by atoms with E-state index in [1.54, 1.807) is 0 Å². The first-order chi connectivity index (χ1) is 8.08. The molecule has 0 aromatic rings. The molecule has 0 aliphatic carbocycles. The maximum absolute atomic E-state index is 10.6. The zero-order valence-electron chi connectivity index (χ0n) is 9.77. The van der Waals surface area contributed by atoms with Crippen LogP contribution in [0.15, 0.2) is 0 Å². The van der Waals surface area contributed by atoms with Crippen molar-refractivity contribution in [1.82, 2.24) is 0 Å². The van der Waals surface area contributed by atoms with Gasteiger partial charge in [-0.15, -0.1) is 0 Å². The van der Waals surface area contributed by atoms with Crippen LogP contribution in [0.4, 0.5) is 0 Å². The minimum Gasteiger partial charge on any atom is -0.378 e. The minimum absolute atomic E-state index is 0.106. The van der Waals surface area contributed by atoms with E-state index in [2.05, 4.69) is 0 Å². The van der Waals surface area contributed by atoms with Gasteiger partial charge in [0.05, 0.1) is 38.3 Å². The summed E-state index contributed by atoms with van der Waals surface area (Å²) in [7, 11) is 1.57. The van der Waals surface area contributed by atoms with Crippen LogP contribution in [-0.2, 0) is 23.3 Å². The first-order valence-electron chi connectivity index (χ1n) is 5.77. The molecular formula is C10H19ClO5S. The van der Waals surface area contributed by atoms with Gasteiger partial charge in [-0.1, -0.05) is 0 Å². The van der Waals surface area contributed by atoms with Gasteiger partial charge in [0.2, 0.25) is 9.05 Å². The second-order valence-electron chi connectivity index (χ2n) is 3.92. The second kappa shape index (κ2) is 8.26. The highest BCUT2D eigenvalue weighted by molar-refractivity contribution is 8.13. The van der Waals surface area contributed by atoms with Crippen LogP contribution in [0.5, 0.6) is 0 Å². The molecule has 0 aromatic heterocycles. The number of rotatable bonds is 8. The standard InChI is InChI=1S/C10H19ClO5S/c11-17(12,13)8-7-14-5-6-15-9-10-3-1-2-4-16-10/h10H,1-9H2. The number of hydrogen-bond donors (Lipinski definition) is 0. The fourth-order valence-corrected chi connectivity index (χ4v) is 2.04. The molecule has 1 aliphatic rings. The normalized spacial score (nSPS) is 21.6. The molecule has 1 rings (SSSR count). The molecule has 17 heavy (non-hydrogen) atoms. The van der Waals surface area contributed by atoms with Gasteiger partial charge in [-0.25, -0.2) is 8.42 Å². The Balaban J connectivity index is 1.87. The van der Waals surface area contributed by atoms with Crippen molar-refractivity contribution in [3.63, 3.8) is 0 Å². The molecule has 0 saturated carbocycles. The van der Waals surface area contributed by atoms with Gasteiger partial charge < -0.3 is 14.2 Å². The van der Waals surface area contributed by atoms with Crippen molar-refractivity contribution in [2.75, 3.05) is 38.8 Å². The van der Waals surface area contributed by atoms with E-state index in [1.807, 2.05) is 0 Å². The lowest BCUT2D eigenvalue weighted by atomic mass is 10.1. The van der Waals surface area contributed by atoms with E-state index in [-0.39, 0.29) is 18.5 Å². The molecule has 1 heterocycles. The molecular weight excluding hydrogens is 268 g/mol. The molecule has 1 fully saturated rings. The lowest BCUT2D eigenvalue weighted by Gasteiger charge is -2.22. The van der Waals surface area contributed by atoms with E-state index in [9.17, 15) is 8.42 Å². The summed E-state index contributed by atoms with van der Waals surface area (Å²) < 4.78 is 37.1. The van der Waals surface area contributed by atoms with Crippen LogP contribution in [0.25, 0.3) is 0 Å². The van der Waals surface area contributed by atoms with Crippen LogP contribution < -0.4 is 0 Å². The zero-order valence-corrected chi connectivity index (χ0v) is 11.3. The van der Waals surface area contributed by atoms with Crippen LogP contribution in [-0.4, -0.2) is 53.3 Å². The Bertz CT molecular complexity index is 287. The van der Waals surface area contributed by atoms with E-state index in [0.29, 0.717) is 19.8 Å². The highest BCUT2D eigenvalue weighted by atomic mass is 35.7. The molecule has 0 N–H and O–H groups in total. The summed E-state index contributed by atoms with van der Waals surface area (Å²) >= 11 is 0. The lowest BCUT2D eigenvalue weighted by molar-refractivity contribution is -0.0499. The summed E-state index contributed by atoms with van der Waals surface area (Å²) in [6, 6.07) is 0. The van der Waals surface area contributed by atoms with Gasteiger partial charge in [0.15, 0.2) is 0 Å². The SMILES string of the molecule is O=S(=O)(Cl)CCOCCOCC1CCCCO1. The molecule has 1 unspecified atom stereocenters. The number of hydrogen-bond acceptors (Lipinski definition) is 5. The maximum atomic E-state index is 10.6. The van der Waals surface area contributed by atoms with E-state index in [1.165, 1.54) is 6.42 Å². The maximum Gasteiger partial charge on any atom is 0.234 e. The molecule has 1 saturated heterocycles. The molecule has 0 aromatic carbocycles. The van der Waals surface area contributed by atoms with E-state index < -0.39 is 9.05 Å². The Labute approximate surface area is 107 Å². The fraction of sp³-hybridized carbons (Fsp3) is 1.00. The highest BCUT2D eigenvalue weighted by Gasteiger charge is 2.13. The molecule has 1 aliphatic heterocycles. The van der Waals surface area contributed by atoms with Gasteiger partial charge in [-0.05, 0) is 19.3 Å². The molecule has 7 heteroatoms. The molecule has 0 radical (unpaired) electrons. The summed E-state index contributed by atoms with van der Waals surface area (Å²) in [6.45, 7) is 2.33. The van der Waals surface area contributed by atoms with E-state index in [0.717, 1.165) is 19.4 Å². The predicted molar refractivity (Wildman–Crippen MR) is 64.9 cm³/mol. The van der Waals surface area contributed by atoms with Gasteiger partial charge in [0, 0.05) is 17.3 Å². The summed E-state index contributed by atoms with van der Waals surface area (Å²) in [6.07, 6.45) is 3.57. The highest BCUT2D eigenvalue weighted by Crippen LogP contribution is 2.12. The monoisotopic (exact) mass is 286 g/mol. The fourth-order valence-electron chi connectivity index (χ4n) is 1.53. The smallest absolute Gasteiger partial charge is 0.234 e. The van der Waals surface area contributed by atoms with Crippen LogP contribution in [0, 0.1) is 0 Å². The first kappa shape index (κ1) is 15.2. The van der Waals surface area contributed by atoms with Crippen molar-refractivity contribution in [3.8, 4) is 0 Å². The third kappa shape index (κ3) is 8.79. The summed E-state index contributed by atoms with van der Waals surface area (Å²) in [4.78, 5) is 0. The molecule has 0 amide bonds. The third-order valence-corrected chi connectivity index (χ3v) is 3.54. The first-order valence-corrected chi connectivity index (χ1v) is 8.25. The zero-order chi connectivity index (χ0) is 12.6. The van der Waals surface area contributed by atoms with Crippen LogP contribution in [0.2, 0.25) is 0 Å². The Kier molecular flexibility index (Phi) is 7.38. The summed E-state index contributed by atoms with van der Waals surface area (Å²) in [5.74, 6) is -0.166. The van der Waals surface area contributed by atoms with Crippen molar-refractivity contribution in [1.29, 1.82) is 0 Å². The van der Waals surface area contributed by atoms with Gasteiger partial charge in [0.25, 0.3) is 0 Å². The number of halogens is 1. The quantitative estimate of drug-likeness (QED) is 0.495. The average Bonchev–Trinajstić information content (AvgIpc) is 2.28. The Hall–Kier alpha value is 0.120. The van der Waals surface area contributed by atoms with Crippen molar-refractivity contribution < 1.29 is 22.6 Å². The van der Waals surface area contributed by atoms with E-state index in [4.69, 9.17) is 24.9 Å².